The molecule has 0 bridgehead atoms. The molecule has 1 aliphatic heterocycles. The van der Waals surface area contributed by atoms with E-state index < -0.39 is 23.5 Å². The Balaban J connectivity index is 2.42. The van der Waals surface area contributed by atoms with Crippen LogP contribution in [0.1, 0.15) is 27.2 Å². The van der Waals surface area contributed by atoms with Gasteiger partial charge in [0.15, 0.2) is 0 Å². The molecule has 3 amide bonds. The van der Waals surface area contributed by atoms with Crippen molar-refractivity contribution >= 4 is 17.9 Å². The summed E-state index contributed by atoms with van der Waals surface area (Å²) in [6.45, 7) is 6.43. The second-order valence-electron chi connectivity index (χ2n) is 6.05. The second kappa shape index (κ2) is 6.11. The third kappa shape index (κ3) is 4.71. The van der Waals surface area contributed by atoms with Crippen LogP contribution in [0, 0.1) is 5.92 Å². The third-order valence-electron chi connectivity index (χ3n) is 3.03. The van der Waals surface area contributed by atoms with E-state index in [9.17, 15) is 14.4 Å². The van der Waals surface area contributed by atoms with Gasteiger partial charge in [0.1, 0.15) is 5.60 Å². The molecule has 114 valence electrons. The van der Waals surface area contributed by atoms with Gasteiger partial charge in [-0.15, -0.1) is 0 Å². The first-order chi connectivity index (χ1) is 9.10. The molecule has 7 heteroatoms. The minimum absolute atomic E-state index is 0.105. The fourth-order valence-corrected chi connectivity index (χ4v) is 1.88. The van der Waals surface area contributed by atoms with Gasteiger partial charge in [0.05, 0.1) is 5.92 Å². The second-order valence-corrected chi connectivity index (χ2v) is 6.05. The lowest BCUT2D eigenvalue weighted by Gasteiger charge is -2.26. The first kappa shape index (κ1) is 16.3. The zero-order chi connectivity index (χ0) is 15.5. The van der Waals surface area contributed by atoms with Crippen molar-refractivity contribution in [3.05, 3.63) is 0 Å². The van der Waals surface area contributed by atoms with E-state index in [1.54, 1.807) is 32.7 Å². The molecule has 0 saturated carbocycles. The number of likely N-dealkylation sites (tertiary alicyclic amines) is 1. The maximum atomic E-state index is 11.7. The summed E-state index contributed by atoms with van der Waals surface area (Å²) in [5.41, 5.74) is 4.64. The minimum atomic E-state index is -0.550. The number of rotatable bonds is 4. The van der Waals surface area contributed by atoms with Crippen molar-refractivity contribution in [3.8, 4) is 0 Å². The van der Waals surface area contributed by atoms with Crippen LogP contribution in [0.4, 0.5) is 4.79 Å². The fraction of sp³-hybridized carbons (Fsp3) is 0.769. The average molecular weight is 285 g/mol. The molecule has 1 aliphatic rings. The highest BCUT2D eigenvalue weighted by molar-refractivity contribution is 5.88. The van der Waals surface area contributed by atoms with Gasteiger partial charge >= 0.3 is 6.09 Å². The molecule has 1 unspecified atom stereocenters. The lowest BCUT2D eigenvalue weighted by atomic mass is 10.1. The highest BCUT2D eigenvalue weighted by Crippen LogP contribution is 2.17. The van der Waals surface area contributed by atoms with Crippen LogP contribution in [0.25, 0.3) is 0 Å². The number of nitrogens with zero attached hydrogens (tertiary/aromatic N) is 2. The van der Waals surface area contributed by atoms with Gasteiger partial charge in [-0.1, -0.05) is 0 Å². The van der Waals surface area contributed by atoms with Gasteiger partial charge in [0.25, 0.3) is 0 Å². The van der Waals surface area contributed by atoms with Crippen LogP contribution in [-0.4, -0.2) is 60.0 Å². The molecule has 1 saturated heterocycles. The van der Waals surface area contributed by atoms with E-state index in [4.69, 9.17) is 10.5 Å². The number of nitrogens with two attached hydrogens (primary N) is 1. The lowest BCUT2D eigenvalue weighted by molar-refractivity contribution is -0.128. The van der Waals surface area contributed by atoms with Crippen molar-refractivity contribution in [2.45, 2.75) is 32.8 Å². The Morgan fingerprint density at radius 3 is 2.50 bits per heavy atom. The first-order valence-corrected chi connectivity index (χ1v) is 6.61. The summed E-state index contributed by atoms with van der Waals surface area (Å²) in [6, 6.07) is 0. The minimum Gasteiger partial charge on any atom is -0.444 e. The van der Waals surface area contributed by atoms with E-state index in [1.807, 2.05) is 0 Å². The number of ether oxygens (including phenoxy) is 1. The Labute approximate surface area is 119 Å². The molecule has 0 aromatic rings. The number of hydrogen-bond acceptors (Lipinski definition) is 4. The maximum Gasteiger partial charge on any atom is 0.410 e. The fourth-order valence-electron chi connectivity index (χ4n) is 1.88. The molecule has 0 spiro atoms. The van der Waals surface area contributed by atoms with Gasteiger partial charge in [0.2, 0.25) is 11.8 Å². The van der Waals surface area contributed by atoms with Gasteiger partial charge in [-0.25, -0.2) is 4.79 Å². The van der Waals surface area contributed by atoms with Crippen molar-refractivity contribution in [1.82, 2.24) is 9.80 Å². The van der Waals surface area contributed by atoms with Crippen LogP contribution >= 0.6 is 0 Å². The highest BCUT2D eigenvalue weighted by atomic mass is 16.6. The van der Waals surface area contributed by atoms with Gasteiger partial charge in [0, 0.05) is 33.1 Å². The van der Waals surface area contributed by atoms with Crippen LogP contribution in [0.3, 0.4) is 0 Å². The van der Waals surface area contributed by atoms with Crippen LogP contribution < -0.4 is 5.73 Å². The van der Waals surface area contributed by atoms with E-state index in [-0.39, 0.29) is 12.3 Å². The largest absolute Gasteiger partial charge is 0.444 e. The quantitative estimate of drug-likeness (QED) is 0.797. The zero-order valence-corrected chi connectivity index (χ0v) is 12.5. The van der Waals surface area contributed by atoms with E-state index in [1.165, 1.54) is 4.90 Å². The van der Waals surface area contributed by atoms with E-state index in [0.717, 1.165) is 0 Å². The summed E-state index contributed by atoms with van der Waals surface area (Å²) in [5.74, 6) is -0.984. The van der Waals surface area contributed by atoms with Crippen molar-refractivity contribution < 1.29 is 19.1 Å². The van der Waals surface area contributed by atoms with Gasteiger partial charge < -0.3 is 20.3 Å². The zero-order valence-electron chi connectivity index (χ0n) is 12.5. The SMILES string of the molecule is CN(CCN1CC(C(N)=O)CC1=O)C(=O)OC(C)(C)C. The molecule has 1 rings (SSSR count). The molecule has 0 aliphatic carbocycles. The smallest absolute Gasteiger partial charge is 0.410 e. The molecular formula is C13H23N3O4. The van der Waals surface area contributed by atoms with E-state index >= 15 is 0 Å². The molecule has 1 heterocycles. The number of likely N-dealkylation sites (N-methyl/N-ethyl adjacent to an activating group) is 1. The molecule has 0 aromatic carbocycles. The summed E-state index contributed by atoms with van der Waals surface area (Å²) in [5, 5.41) is 0. The number of amides is 3. The Kier molecular flexibility index (Phi) is 4.97. The molecule has 1 atom stereocenters. The molecule has 20 heavy (non-hydrogen) atoms. The summed E-state index contributed by atoms with van der Waals surface area (Å²) >= 11 is 0. The van der Waals surface area contributed by atoms with Crippen LogP contribution in [-0.2, 0) is 14.3 Å². The van der Waals surface area contributed by atoms with Gasteiger partial charge in [-0.3, -0.25) is 9.59 Å². The van der Waals surface area contributed by atoms with Gasteiger partial charge in [-0.05, 0) is 20.8 Å². The predicted octanol–water partition coefficient (Wildman–Crippen LogP) is 0.187. The summed E-state index contributed by atoms with van der Waals surface area (Å²) in [6.07, 6.45) is -0.276. The summed E-state index contributed by atoms with van der Waals surface area (Å²) in [4.78, 5) is 37.4. The van der Waals surface area contributed by atoms with Crippen LogP contribution in [0.2, 0.25) is 0 Å². The normalized spacial score (nSPS) is 19.1. The Hall–Kier alpha value is -1.79. The van der Waals surface area contributed by atoms with Gasteiger partial charge in [-0.2, -0.15) is 0 Å². The number of carbonyl (C=O) groups is 3. The van der Waals surface area contributed by atoms with E-state index in [0.29, 0.717) is 19.6 Å². The Morgan fingerprint density at radius 2 is 2.05 bits per heavy atom. The van der Waals surface area contributed by atoms with Crippen molar-refractivity contribution in [2.24, 2.45) is 11.7 Å². The number of carbonyl (C=O) groups excluding carboxylic acids is 3. The maximum absolute atomic E-state index is 11.7. The van der Waals surface area contributed by atoms with Crippen molar-refractivity contribution in [3.63, 3.8) is 0 Å². The van der Waals surface area contributed by atoms with Crippen LogP contribution in [0.5, 0.6) is 0 Å². The summed E-state index contributed by atoms with van der Waals surface area (Å²) in [7, 11) is 1.61. The highest BCUT2D eigenvalue weighted by Gasteiger charge is 2.33. The van der Waals surface area contributed by atoms with Crippen molar-refractivity contribution in [2.75, 3.05) is 26.7 Å². The molecule has 7 nitrogen and oxygen atoms in total. The number of hydrogen-bond donors (Lipinski definition) is 1. The van der Waals surface area contributed by atoms with Crippen molar-refractivity contribution in [1.29, 1.82) is 0 Å². The first-order valence-electron chi connectivity index (χ1n) is 6.61. The van der Waals surface area contributed by atoms with Crippen LogP contribution in [0.15, 0.2) is 0 Å². The average Bonchev–Trinajstić information content (AvgIpc) is 2.65. The molecule has 0 aromatic heterocycles. The standard InChI is InChI=1S/C13H23N3O4/c1-13(2,3)20-12(19)15(4)5-6-16-8-9(11(14)18)7-10(16)17/h9H,5-8H2,1-4H3,(H2,14,18). The monoisotopic (exact) mass is 285 g/mol. The molecule has 1 fully saturated rings. The Morgan fingerprint density at radius 1 is 1.45 bits per heavy atom. The third-order valence-corrected chi connectivity index (χ3v) is 3.03. The predicted molar refractivity (Wildman–Crippen MR) is 72.7 cm³/mol. The molecular weight excluding hydrogens is 262 g/mol. The van der Waals surface area contributed by atoms with E-state index in [2.05, 4.69) is 0 Å². The molecule has 0 radical (unpaired) electrons. The Bertz CT molecular complexity index is 403. The summed E-state index contributed by atoms with van der Waals surface area (Å²) < 4.78 is 5.21. The molecule has 2 N–H and O–H groups in total. The number of primary amides is 1. The topological polar surface area (TPSA) is 92.9 Å². The lowest BCUT2D eigenvalue weighted by Crippen LogP contribution is -2.40.